The van der Waals surface area contributed by atoms with Crippen LogP contribution in [-0.4, -0.2) is 32.5 Å². The Bertz CT molecular complexity index is 859. The molecule has 3 heterocycles. The monoisotopic (exact) mass is 396 g/mol. The van der Waals surface area contributed by atoms with Gasteiger partial charge >= 0.3 is 6.18 Å². The van der Waals surface area contributed by atoms with Gasteiger partial charge in [0.2, 0.25) is 5.89 Å². The molecule has 2 aromatic heterocycles. The van der Waals surface area contributed by atoms with Crippen molar-refractivity contribution in [2.45, 2.75) is 57.8 Å². The van der Waals surface area contributed by atoms with E-state index in [2.05, 4.69) is 14.9 Å². The van der Waals surface area contributed by atoms with Gasteiger partial charge in [-0.15, -0.1) is 0 Å². The lowest BCUT2D eigenvalue weighted by molar-refractivity contribution is -0.141. The molecule has 4 rings (SSSR count). The first-order valence-electron chi connectivity index (χ1n) is 9.72. The van der Waals surface area contributed by atoms with E-state index in [1.807, 2.05) is 0 Å². The van der Waals surface area contributed by atoms with Crippen molar-refractivity contribution in [3.8, 4) is 0 Å². The van der Waals surface area contributed by atoms with Crippen molar-refractivity contribution in [1.82, 2.24) is 19.4 Å². The predicted molar refractivity (Wildman–Crippen MR) is 94.6 cm³/mol. The van der Waals surface area contributed by atoms with E-state index < -0.39 is 17.4 Å². The van der Waals surface area contributed by atoms with Gasteiger partial charge in [-0.25, -0.2) is 9.97 Å². The number of fused-ring (bicyclic) bond motifs is 1. The zero-order valence-corrected chi connectivity index (χ0v) is 15.5. The molecule has 0 radical (unpaired) electrons. The van der Waals surface area contributed by atoms with E-state index in [9.17, 15) is 18.0 Å². The summed E-state index contributed by atoms with van der Waals surface area (Å²) in [7, 11) is 0. The second kappa shape index (κ2) is 7.69. The zero-order chi connectivity index (χ0) is 19.7. The number of oxazole rings is 1. The fourth-order valence-corrected chi connectivity index (χ4v) is 3.99. The zero-order valence-electron chi connectivity index (χ0n) is 15.5. The Hall–Kier alpha value is -2.16. The summed E-state index contributed by atoms with van der Waals surface area (Å²) in [5, 5.41) is 0. The quantitative estimate of drug-likeness (QED) is 0.795. The number of alkyl halides is 3. The lowest BCUT2D eigenvalue weighted by atomic mass is 9.96. The second-order valence-electron chi connectivity index (χ2n) is 7.67. The minimum Gasteiger partial charge on any atom is -0.444 e. The molecule has 9 heteroatoms. The normalized spacial score (nSPS) is 19.0. The van der Waals surface area contributed by atoms with Crippen LogP contribution in [0.1, 0.15) is 48.7 Å². The highest BCUT2D eigenvalue weighted by atomic mass is 19.4. The van der Waals surface area contributed by atoms with Crippen LogP contribution in [0.25, 0.3) is 0 Å². The first-order valence-corrected chi connectivity index (χ1v) is 9.72. The summed E-state index contributed by atoms with van der Waals surface area (Å²) < 4.78 is 45.0. The van der Waals surface area contributed by atoms with E-state index >= 15 is 0 Å². The highest BCUT2D eigenvalue weighted by Gasteiger charge is 2.33. The number of halogens is 3. The number of hydrogen-bond acceptors (Lipinski definition) is 5. The molecule has 2 aromatic rings. The predicted octanol–water partition coefficient (Wildman–Crippen LogP) is 3.04. The highest BCUT2D eigenvalue weighted by molar-refractivity contribution is 5.13. The van der Waals surface area contributed by atoms with Crippen molar-refractivity contribution < 1.29 is 17.6 Å². The number of piperidine rings is 1. The Labute approximate surface area is 160 Å². The van der Waals surface area contributed by atoms with E-state index in [-0.39, 0.29) is 5.92 Å². The maximum absolute atomic E-state index is 12.6. The number of nitrogens with zero attached hydrogens (tertiary/aromatic N) is 4. The average molecular weight is 396 g/mol. The summed E-state index contributed by atoms with van der Waals surface area (Å²) >= 11 is 0. The van der Waals surface area contributed by atoms with Crippen LogP contribution in [0.15, 0.2) is 21.6 Å². The van der Waals surface area contributed by atoms with E-state index in [1.165, 1.54) is 11.0 Å². The molecular formula is C19H23F3N4O2. The number of aromatic nitrogens is 3. The van der Waals surface area contributed by atoms with E-state index in [1.54, 1.807) is 0 Å². The van der Waals surface area contributed by atoms with Crippen LogP contribution in [0.2, 0.25) is 0 Å². The number of likely N-dealkylation sites (tertiary alicyclic amines) is 1. The fraction of sp³-hybridized carbons (Fsp3) is 0.632. The van der Waals surface area contributed by atoms with E-state index in [0.29, 0.717) is 19.2 Å². The van der Waals surface area contributed by atoms with Crippen molar-refractivity contribution in [3.05, 3.63) is 45.8 Å². The molecule has 1 aliphatic carbocycles. The van der Waals surface area contributed by atoms with Gasteiger partial charge in [-0.2, -0.15) is 13.2 Å². The van der Waals surface area contributed by atoms with Gasteiger partial charge in [0, 0.05) is 19.0 Å². The molecule has 1 saturated heterocycles. The smallest absolute Gasteiger partial charge is 0.433 e. The lowest BCUT2D eigenvalue weighted by Crippen LogP contribution is -2.36. The van der Waals surface area contributed by atoms with Crippen LogP contribution in [-0.2, 0) is 32.1 Å². The Morgan fingerprint density at radius 2 is 1.93 bits per heavy atom. The summed E-state index contributed by atoms with van der Waals surface area (Å²) in [4.78, 5) is 22.2. The fourth-order valence-electron chi connectivity index (χ4n) is 3.99. The molecular weight excluding hydrogens is 373 g/mol. The third kappa shape index (κ3) is 4.29. The molecule has 0 atom stereocenters. The molecule has 0 spiro atoms. The lowest BCUT2D eigenvalue weighted by Gasteiger charge is -2.31. The second-order valence-corrected chi connectivity index (χ2v) is 7.67. The van der Waals surface area contributed by atoms with Crippen LogP contribution in [0, 0.1) is 5.92 Å². The van der Waals surface area contributed by atoms with Crippen molar-refractivity contribution in [2.75, 3.05) is 13.1 Å². The van der Waals surface area contributed by atoms with Gasteiger partial charge in [-0.3, -0.25) is 14.3 Å². The van der Waals surface area contributed by atoms with Gasteiger partial charge in [0.1, 0.15) is 5.76 Å². The number of rotatable bonds is 4. The summed E-state index contributed by atoms with van der Waals surface area (Å²) in [5.41, 5.74) is -0.697. The third-order valence-corrected chi connectivity index (χ3v) is 5.58. The van der Waals surface area contributed by atoms with Gasteiger partial charge in [0.05, 0.1) is 18.6 Å². The van der Waals surface area contributed by atoms with E-state index in [0.717, 1.165) is 68.9 Å². The van der Waals surface area contributed by atoms with Gasteiger partial charge in [0.25, 0.3) is 5.56 Å². The molecule has 6 nitrogen and oxygen atoms in total. The largest absolute Gasteiger partial charge is 0.444 e. The highest BCUT2D eigenvalue weighted by Crippen LogP contribution is 2.27. The van der Waals surface area contributed by atoms with Crippen molar-refractivity contribution in [2.24, 2.45) is 5.92 Å². The molecule has 1 fully saturated rings. The van der Waals surface area contributed by atoms with Crippen LogP contribution in [0.5, 0.6) is 0 Å². The molecule has 28 heavy (non-hydrogen) atoms. The van der Waals surface area contributed by atoms with Crippen molar-refractivity contribution in [3.63, 3.8) is 0 Å². The Balaban J connectivity index is 1.31. The van der Waals surface area contributed by atoms with Crippen LogP contribution in [0.3, 0.4) is 0 Å². The molecule has 1 aliphatic heterocycles. The standard InChI is InChI=1S/C19H23F3N4O2/c20-19(21,22)16-9-18(27)26(12-23-16)10-13-5-7-25(8-6-13)11-17-24-14-3-1-2-4-15(14)28-17/h9,12-13H,1-8,10-11H2. The first kappa shape index (κ1) is 19.2. The molecule has 0 bridgehead atoms. The Kier molecular flexibility index (Phi) is 5.27. The van der Waals surface area contributed by atoms with Crippen LogP contribution < -0.4 is 5.56 Å². The first-order chi connectivity index (χ1) is 13.4. The maximum Gasteiger partial charge on any atom is 0.433 e. The summed E-state index contributed by atoms with van der Waals surface area (Å²) in [6, 6.07) is 0.569. The van der Waals surface area contributed by atoms with Gasteiger partial charge in [-0.1, -0.05) is 0 Å². The number of hydrogen-bond donors (Lipinski definition) is 0. The Morgan fingerprint density at radius 1 is 1.18 bits per heavy atom. The van der Waals surface area contributed by atoms with Gasteiger partial charge in [-0.05, 0) is 51.1 Å². The SMILES string of the molecule is O=c1cc(C(F)(F)F)ncn1CC1CCN(Cc2nc3c(o2)CCCC3)CC1. The average Bonchev–Trinajstić information content (AvgIpc) is 3.06. The molecule has 0 amide bonds. The van der Waals surface area contributed by atoms with Crippen LogP contribution in [0.4, 0.5) is 13.2 Å². The summed E-state index contributed by atoms with van der Waals surface area (Å²) in [6.07, 6.45) is 2.45. The molecule has 0 N–H and O–H groups in total. The molecule has 2 aliphatic rings. The summed E-state index contributed by atoms with van der Waals surface area (Å²) in [5.74, 6) is 2.05. The summed E-state index contributed by atoms with van der Waals surface area (Å²) in [6.45, 7) is 2.77. The van der Waals surface area contributed by atoms with E-state index in [4.69, 9.17) is 4.42 Å². The topological polar surface area (TPSA) is 64.2 Å². The minimum atomic E-state index is -4.59. The van der Waals surface area contributed by atoms with Crippen molar-refractivity contribution in [1.29, 1.82) is 0 Å². The third-order valence-electron chi connectivity index (χ3n) is 5.58. The molecule has 0 unspecified atom stereocenters. The molecule has 152 valence electrons. The molecule has 0 aromatic carbocycles. The molecule has 0 saturated carbocycles. The van der Waals surface area contributed by atoms with Crippen LogP contribution >= 0.6 is 0 Å². The Morgan fingerprint density at radius 3 is 2.61 bits per heavy atom. The maximum atomic E-state index is 12.6. The van der Waals surface area contributed by atoms with Gasteiger partial charge in [0.15, 0.2) is 5.69 Å². The number of aryl methyl sites for hydroxylation is 2. The van der Waals surface area contributed by atoms with Gasteiger partial charge < -0.3 is 4.42 Å². The van der Waals surface area contributed by atoms with Crippen molar-refractivity contribution >= 4 is 0 Å². The minimum absolute atomic E-state index is 0.241.